The Morgan fingerprint density at radius 1 is 1.17 bits per heavy atom. The Kier molecular flexibility index (Phi) is 6.85. The van der Waals surface area contributed by atoms with Gasteiger partial charge in [-0.3, -0.25) is 14.6 Å². The zero-order valence-electron chi connectivity index (χ0n) is 18.9. The lowest BCUT2D eigenvalue weighted by molar-refractivity contribution is -0.142. The van der Waals surface area contributed by atoms with Crippen LogP contribution in [-0.4, -0.2) is 40.1 Å². The van der Waals surface area contributed by atoms with E-state index in [0.717, 1.165) is 25.7 Å². The molecule has 166 valence electrons. The van der Waals surface area contributed by atoms with Gasteiger partial charge in [0.1, 0.15) is 0 Å². The number of aromatic nitrogens is 1. The first-order chi connectivity index (χ1) is 14.1. The number of carbonyl (C=O) groups is 2. The van der Waals surface area contributed by atoms with Gasteiger partial charge < -0.3 is 15.7 Å². The van der Waals surface area contributed by atoms with E-state index in [1.54, 1.807) is 24.5 Å². The van der Waals surface area contributed by atoms with Crippen LogP contribution in [0.3, 0.4) is 0 Å². The van der Waals surface area contributed by atoms with Crippen LogP contribution in [0.4, 0.5) is 0 Å². The van der Waals surface area contributed by atoms with Gasteiger partial charge in [-0.1, -0.05) is 20.8 Å². The van der Waals surface area contributed by atoms with Crippen molar-refractivity contribution in [2.45, 2.75) is 78.5 Å². The van der Waals surface area contributed by atoms with Gasteiger partial charge in [-0.2, -0.15) is 0 Å². The van der Waals surface area contributed by atoms with E-state index >= 15 is 0 Å². The Hall–Kier alpha value is -1.95. The summed E-state index contributed by atoms with van der Waals surface area (Å²) in [6.45, 7) is 10.3. The second-order valence-electron chi connectivity index (χ2n) is 10.0. The molecule has 2 fully saturated rings. The summed E-state index contributed by atoms with van der Waals surface area (Å²) >= 11 is 0. The van der Waals surface area contributed by atoms with Crippen molar-refractivity contribution in [1.82, 2.24) is 15.6 Å². The molecule has 0 aromatic carbocycles. The number of fused-ring (bicyclic) bond motifs is 1. The predicted molar refractivity (Wildman–Crippen MR) is 117 cm³/mol. The van der Waals surface area contributed by atoms with Gasteiger partial charge in [0, 0.05) is 36.0 Å². The van der Waals surface area contributed by atoms with Crippen LogP contribution in [0.15, 0.2) is 24.5 Å². The van der Waals surface area contributed by atoms with Gasteiger partial charge in [0.25, 0.3) is 5.91 Å². The van der Waals surface area contributed by atoms with Crippen LogP contribution >= 0.6 is 0 Å². The molecule has 0 bridgehead atoms. The molecule has 3 N–H and O–H groups in total. The number of nitrogens with zero attached hydrogens (tertiary/aromatic N) is 1. The molecule has 2 aliphatic carbocycles. The maximum Gasteiger partial charge on any atom is 0.251 e. The summed E-state index contributed by atoms with van der Waals surface area (Å²) in [5.41, 5.74) is 0.646. The first-order valence-corrected chi connectivity index (χ1v) is 11.3. The Morgan fingerprint density at radius 2 is 1.80 bits per heavy atom. The molecule has 2 saturated carbocycles. The molecule has 0 saturated heterocycles. The summed E-state index contributed by atoms with van der Waals surface area (Å²) in [5, 5.41) is 17.6. The SMILES string of the molecule is CC(C)NC(=O)[C@@H](C)[C@H]1CC[C@]2(C)CC[C@H](NC(=O)c3ccncc3)[C@H](C)[C@@H]2[C@H]1O. The minimum atomic E-state index is -0.549. The first kappa shape index (κ1) is 22.7. The average molecular weight is 416 g/mol. The Morgan fingerprint density at radius 3 is 2.43 bits per heavy atom. The monoisotopic (exact) mass is 415 g/mol. The van der Waals surface area contributed by atoms with Crippen LogP contribution < -0.4 is 10.6 Å². The average Bonchev–Trinajstić information content (AvgIpc) is 2.70. The van der Waals surface area contributed by atoms with Crippen molar-refractivity contribution in [3.8, 4) is 0 Å². The lowest BCUT2D eigenvalue weighted by atomic mass is 9.51. The van der Waals surface area contributed by atoms with Crippen LogP contribution in [0.5, 0.6) is 0 Å². The van der Waals surface area contributed by atoms with Gasteiger partial charge in [-0.05, 0) is 74.8 Å². The van der Waals surface area contributed by atoms with Gasteiger partial charge in [0.15, 0.2) is 0 Å². The highest BCUT2D eigenvalue weighted by Crippen LogP contribution is 2.55. The minimum absolute atomic E-state index is 0.0111. The Bertz CT molecular complexity index is 753. The van der Waals surface area contributed by atoms with Crippen LogP contribution in [-0.2, 0) is 4.79 Å². The second-order valence-corrected chi connectivity index (χ2v) is 10.0. The van der Waals surface area contributed by atoms with E-state index < -0.39 is 6.10 Å². The van der Waals surface area contributed by atoms with E-state index in [9.17, 15) is 14.7 Å². The molecular formula is C24H37N3O3. The molecule has 3 rings (SSSR count). The zero-order chi connectivity index (χ0) is 22.1. The zero-order valence-corrected chi connectivity index (χ0v) is 18.9. The lowest BCUT2D eigenvalue weighted by Gasteiger charge is -2.56. The fourth-order valence-electron chi connectivity index (χ4n) is 5.86. The van der Waals surface area contributed by atoms with Crippen molar-refractivity contribution < 1.29 is 14.7 Å². The van der Waals surface area contributed by atoms with E-state index in [1.807, 2.05) is 20.8 Å². The number of pyridine rings is 1. The lowest BCUT2D eigenvalue weighted by Crippen LogP contribution is -2.58. The van der Waals surface area contributed by atoms with Crippen LogP contribution in [0, 0.1) is 29.1 Å². The molecule has 2 aliphatic rings. The van der Waals surface area contributed by atoms with Gasteiger partial charge >= 0.3 is 0 Å². The maximum absolute atomic E-state index is 12.7. The molecule has 2 amide bonds. The molecule has 1 aromatic heterocycles. The molecule has 0 spiro atoms. The molecule has 6 nitrogen and oxygen atoms in total. The van der Waals surface area contributed by atoms with Crippen molar-refractivity contribution in [2.75, 3.05) is 0 Å². The molecule has 1 heterocycles. The standard InChI is InChI=1S/C24H37N3O3/c1-14(2)26-22(29)15(3)18-6-10-24(5)11-7-19(16(4)20(24)21(18)28)27-23(30)17-8-12-25-13-9-17/h8-9,12-16,18-21,28H,6-7,10-11H2,1-5H3,(H,26,29)(H,27,30)/t15-,16-,18+,19-,20+,21-,24+/m0/s1. The van der Waals surface area contributed by atoms with Gasteiger partial charge in [0.2, 0.25) is 5.91 Å². The van der Waals surface area contributed by atoms with Gasteiger partial charge in [-0.25, -0.2) is 0 Å². The largest absolute Gasteiger partial charge is 0.392 e. The van der Waals surface area contributed by atoms with Crippen molar-refractivity contribution in [3.05, 3.63) is 30.1 Å². The Balaban J connectivity index is 1.74. The fraction of sp³-hybridized carbons (Fsp3) is 0.708. The topological polar surface area (TPSA) is 91.3 Å². The van der Waals surface area contributed by atoms with Crippen LogP contribution in [0.1, 0.15) is 70.7 Å². The number of aliphatic hydroxyl groups excluding tert-OH is 1. The molecule has 1 aromatic rings. The highest BCUT2D eigenvalue weighted by Gasteiger charge is 2.53. The fourth-order valence-corrected chi connectivity index (χ4v) is 5.86. The number of hydrogen-bond donors (Lipinski definition) is 3. The minimum Gasteiger partial charge on any atom is -0.392 e. The number of carbonyl (C=O) groups excluding carboxylic acids is 2. The third kappa shape index (κ3) is 4.53. The summed E-state index contributed by atoms with van der Waals surface area (Å²) in [6, 6.07) is 3.53. The first-order valence-electron chi connectivity index (χ1n) is 11.3. The number of rotatable bonds is 5. The van der Waals surface area contributed by atoms with E-state index in [4.69, 9.17) is 0 Å². The Labute approximate surface area is 180 Å². The van der Waals surface area contributed by atoms with Crippen molar-refractivity contribution >= 4 is 11.8 Å². The number of nitrogens with one attached hydrogen (secondary N) is 2. The number of aliphatic hydroxyl groups is 1. The molecular weight excluding hydrogens is 378 g/mol. The number of amides is 2. The van der Waals surface area contributed by atoms with Gasteiger partial charge in [0.05, 0.1) is 6.10 Å². The second kappa shape index (κ2) is 9.04. The summed E-state index contributed by atoms with van der Waals surface area (Å²) in [4.78, 5) is 29.3. The maximum atomic E-state index is 12.7. The van der Waals surface area contributed by atoms with E-state index in [-0.39, 0.29) is 53.0 Å². The highest BCUT2D eigenvalue weighted by atomic mass is 16.3. The van der Waals surface area contributed by atoms with E-state index in [1.165, 1.54) is 0 Å². The summed E-state index contributed by atoms with van der Waals surface area (Å²) in [6.07, 6.45) is 6.44. The molecule has 0 unspecified atom stereocenters. The van der Waals surface area contributed by atoms with Crippen molar-refractivity contribution in [2.24, 2.45) is 29.1 Å². The van der Waals surface area contributed by atoms with Crippen LogP contribution in [0.2, 0.25) is 0 Å². The smallest absolute Gasteiger partial charge is 0.251 e. The van der Waals surface area contributed by atoms with Crippen molar-refractivity contribution in [1.29, 1.82) is 0 Å². The van der Waals surface area contributed by atoms with E-state index in [2.05, 4.69) is 29.5 Å². The third-order valence-electron chi connectivity index (χ3n) is 7.63. The van der Waals surface area contributed by atoms with Gasteiger partial charge in [-0.15, -0.1) is 0 Å². The van der Waals surface area contributed by atoms with Crippen molar-refractivity contribution in [3.63, 3.8) is 0 Å². The third-order valence-corrected chi connectivity index (χ3v) is 7.63. The molecule has 0 radical (unpaired) electrons. The summed E-state index contributed by atoms with van der Waals surface area (Å²) in [5.74, 6) is -0.173. The number of hydrogen-bond acceptors (Lipinski definition) is 4. The molecule has 7 atom stereocenters. The highest BCUT2D eigenvalue weighted by molar-refractivity contribution is 5.94. The normalized spacial score (nSPS) is 34.7. The summed E-state index contributed by atoms with van der Waals surface area (Å²) in [7, 11) is 0. The summed E-state index contributed by atoms with van der Waals surface area (Å²) < 4.78 is 0. The predicted octanol–water partition coefficient (Wildman–Crippen LogP) is 3.16. The quantitative estimate of drug-likeness (QED) is 0.689. The van der Waals surface area contributed by atoms with E-state index in [0.29, 0.717) is 5.56 Å². The molecule has 6 heteroatoms. The van der Waals surface area contributed by atoms with Crippen LogP contribution in [0.25, 0.3) is 0 Å². The molecule has 30 heavy (non-hydrogen) atoms. The molecule has 0 aliphatic heterocycles.